The van der Waals surface area contributed by atoms with Crippen molar-refractivity contribution in [3.8, 4) is 11.5 Å². The van der Waals surface area contributed by atoms with E-state index in [0.29, 0.717) is 11.3 Å². The molecule has 0 bridgehead atoms. The van der Waals surface area contributed by atoms with Gasteiger partial charge in [0.1, 0.15) is 10.8 Å². The molecular formula is C8H5ClO3. The zero-order valence-electron chi connectivity index (χ0n) is 6.00. The zero-order valence-corrected chi connectivity index (χ0v) is 6.76. The number of halogens is 1. The molecule has 0 radical (unpaired) electrons. The smallest absolute Gasteiger partial charge is 0.203 e. The van der Waals surface area contributed by atoms with Crippen LogP contribution < -0.4 is 4.74 Å². The number of ketones is 1. The molecule has 1 N–H and O–H groups in total. The van der Waals surface area contributed by atoms with Gasteiger partial charge in [0.2, 0.25) is 5.78 Å². The summed E-state index contributed by atoms with van der Waals surface area (Å²) in [5, 5.41) is 9.26. The van der Waals surface area contributed by atoms with Gasteiger partial charge in [-0.1, -0.05) is 11.6 Å². The van der Waals surface area contributed by atoms with Gasteiger partial charge in [0.05, 0.1) is 5.56 Å². The number of carbonyl (C=O) groups is 1. The Kier molecular flexibility index (Phi) is 1.48. The summed E-state index contributed by atoms with van der Waals surface area (Å²) in [5.74, 6) is 0.124. The second-order valence-corrected chi connectivity index (χ2v) is 2.87. The molecule has 1 aliphatic heterocycles. The quantitative estimate of drug-likeness (QED) is 0.667. The summed E-state index contributed by atoms with van der Waals surface area (Å²) < 4.78 is 4.98. The van der Waals surface area contributed by atoms with Crippen molar-refractivity contribution in [1.82, 2.24) is 0 Å². The minimum atomic E-state index is -0.105. The van der Waals surface area contributed by atoms with Gasteiger partial charge in [0, 0.05) is 0 Å². The first-order valence-corrected chi connectivity index (χ1v) is 3.75. The maximum Gasteiger partial charge on any atom is 0.203 e. The summed E-state index contributed by atoms with van der Waals surface area (Å²) in [6.07, 6.45) is 0. The topological polar surface area (TPSA) is 46.5 Å². The first-order valence-electron chi connectivity index (χ1n) is 3.37. The third-order valence-electron chi connectivity index (χ3n) is 1.72. The number of Topliss-reactive ketones (excluding diaryl/α,β-unsaturated/α-hetero) is 1. The van der Waals surface area contributed by atoms with E-state index < -0.39 is 0 Å². The molecule has 12 heavy (non-hydrogen) atoms. The Balaban J connectivity index is 2.68. The predicted octanol–water partition coefficient (Wildman–Crippen LogP) is 1.62. The minimum absolute atomic E-state index is 0.0124. The molecule has 0 fully saturated rings. The summed E-state index contributed by atoms with van der Waals surface area (Å²) in [7, 11) is 0. The number of rotatable bonds is 0. The van der Waals surface area contributed by atoms with Crippen molar-refractivity contribution in [3.05, 3.63) is 22.7 Å². The molecule has 0 aliphatic carbocycles. The summed E-state index contributed by atoms with van der Waals surface area (Å²) in [6.45, 7) is 0.0124. The highest BCUT2D eigenvalue weighted by atomic mass is 35.5. The predicted molar refractivity (Wildman–Crippen MR) is 42.9 cm³/mol. The SMILES string of the molecule is O=C1COc2c1ccc(O)c2Cl. The largest absolute Gasteiger partial charge is 0.506 e. The van der Waals surface area contributed by atoms with E-state index in [1.807, 2.05) is 0 Å². The third-order valence-corrected chi connectivity index (χ3v) is 2.09. The average molecular weight is 185 g/mol. The lowest BCUT2D eigenvalue weighted by atomic mass is 10.1. The lowest BCUT2D eigenvalue weighted by molar-refractivity contribution is 0.0961. The normalized spacial score (nSPS) is 14.2. The summed E-state index contributed by atoms with van der Waals surface area (Å²) >= 11 is 5.68. The molecule has 1 aromatic rings. The van der Waals surface area contributed by atoms with Crippen molar-refractivity contribution in [3.63, 3.8) is 0 Å². The number of benzene rings is 1. The molecule has 0 aromatic heterocycles. The van der Waals surface area contributed by atoms with E-state index in [2.05, 4.69) is 0 Å². The Morgan fingerprint density at radius 2 is 2.25 bits per heavy atom. The lowest BCUT2D eigenvalue weighted by Gasteiger charge is -2.01. The molecule has 1 aromatic carbocycles. The number of carbonyl (C=O) groups excluding carboxylic acids is 1. The molecule has 0 unspecified atom stereocenters. The number of ether oxygens (including phenoxy) is 1. The lowest BCUT2D eigenvalue weighted by Crippen LogP contribution is -1.98. The van der Waals surface area contributed by atoms with Crippen LogP contribution >= 0.6 is 11.6 Å². The Bertz CT molecular complexity index is 360. The van der Waals surface area contributed by atoms with Crippen LogP contribution in [0, 0.1) is 0 Å². The van der Waals surface area contributed by atoms with Gasteiger partial charge in [-0.25, -0.2) is 0 Å². The van der Waals surface area contributed by atoms with E-state index in [1.165, 1.54) is 12.1 Å². The molecule has 0 saturated heterocycles. The van der Waals surface area contributed by atoms with Gasteiger partial charge < -0.3 is 9.84 Å². The zero-order chi connectivity index (χ0) is 8.72. The molecule has 1 aliphatic rings. The number of aromatic hydroxyl groups is 1. The van der Waals surface area contributed by atoms with Gasteiger partial charge in [-0.05, 0) is 12.1 Å². The molecule has 62 valence electrons. The van der Waals surface area contributed by atoms with Gasteiger partial charge in [0.25, 0.3) is 0 Å². The van der Waals surface area contributed by atoms with E-state index in [-0.39, 0.29) is 23.2 Å². The van der Waals surface area contributed by atoms with E-state index in [0.717, 1.165) is 0 Å². The second-order valence-electron chi connectivity index (χ2n) is 2.49. The van der Waals surface area contributed by atoms with Crippen molar-refractivity contribution in [2.45, 2.75) is 0 Å². The standard InChI is InChI=1S/C8H5ClO3/c9-7-5(10)2-1-4-6(11)3-12-8(4)7/h1-2,10H,3H2. The second kappa shape index (κ2) is 2.38. The maximum absolute atomic E-state index is 11.1. The summed E-state index contributed by atoms with van der Waals surface area (Å²) in [5.41, 5.74) is 0.442. The molecule has 0 amide bonds. The fourth-order valence-corrected chi connectivity index (χ4v) is 1.34. The van der Waals surface area contributed by atoms with Crippen molar-refractivity contribution in [2.75, 3.05) is 6.61 Å². The van der Waals surface area contributed by atoms with Crippen molar-refractivity contribution in [1.29, 1.82) is 0 Å². The van der Waals surface area contributed by atoms with Crippen LogP contribution in [0.15, 0.2) is 12.1 Å². The van der Waals surface area contributed by atoms with Gasteiger partial charge >= 0.3 is 0 Å². The third kappa shape index (κ3) is 0.865. The Morgan fingerprint density at radius 1 is 1.50 bits per heavy atom. The molecule has 4 heteroatoms. The van der Waals surface area contributed by atoms with Crippen LogP contribution in [0.4, 0.5) is 0 Å². The number of phenols is 1. The van der Waals surface area contributed by atoms with Crippen molar-refractivity contribution >= 4 is 17.4 Å². The minimum Gasteiger partial charge on any atom is -0.506 e. The van der Waals surface area contributed by atoms with Crippen LogP contribution in [0.3, 0.4) is 0 Å². The van der Waals surface area contributed by atoms with Crippen LogP contribution in [-0.4, -0.2) is 17.5 Å². The highest BCUT2D eigenvalue weighted by molar-refractivity contribution is 6.34. The first kappa shape index (κ1) is 7.43. The van der Waals surface area contributed by atoms with Gasteiger partial charge in [-0.15, -0.1) is 0 Å². The fraction of sp³-hybridized carbons (Fsp3) is 0.125. The molecule has 2 rings (SSSR count). The number of hydrogen-bond donors (Lipinski definition) is 1. The van der Waals surface area contributed by atoms with E-state index in [4.69, 9.17) is 21.4 Å². The van der Waals surface area contributed by atoms with Crippen molar-refractivity contribution in [2.24, 2.45) is 0 Å². The Morgan fingerprint density at radius 3 is 3.00 bits per heavy atom. The number of fused-ring (bicyclic) bond motifs is 1. The van der Waals surface area contributed by atoms with Gasteiger partial charge in [0.15, 0.2) is 12.4 Å². The average Bonchev–Trinajstić information content (AvgIpc) is 2.41. The van der Waals surface area contributed by atoms with Crippen LogP contribution in [0.2, 0.25) is 5.02 Å². The van der Waals surface area contributed by atoms with Crippen LogP contribution in [0.25, 0.3) is 0 Å². The molecule has 0 spiro atoms. The molecule has 0 atom stereocenters. The number of phenolic OH excluding ortho intramolecular Hbond substituents is 1. The maximum atomic E-state index is 11.1. The Hall–Kier alpha value is -1.22. The monoisotopic (exact) mass is 184 g/mol. The van der Waals surface area contributed by atoms with Crippen molar-refractivity contribution < 1.29 is 14.6 Å². The molecular weight excluding hydrogens is 180 g/mol. The Labute approximate surface area is 73.5 Å². The number of hydrogen-bond acceptors (Lipinski definition) is 3. The first-order chi connectivity index (χ1) is 5.70. The highest BCUT2D eigenvalue weighted by Gasteiger charge is 2.24. The molecule has 3 nitrogen and oxygen atoms in total. The van der Waals surface area contributed by atoms with E-state index >= 15 is 0 Å². The van der Waals surface area contributed by atoms with Crippen LogP contribution in [-0.2, 0) is 0 Å². The summed E-state index contributed by atoms with van der Waals surface area (Å²) in [4.78, 5) is 11.1. The van der Waals surface area contributed by atoms with Gasteiger partial charge in [-0.3, -0.25) is 4.79 Å². The van der Waals surface area contributed by atoms with E-state index in [1.54, 1.807) is 0 Å². The van der Waals surface area contributed by atoms with E-state index in [9.17, 15) is 4.79 Å². The fourth-order valence-electron chi connectivity index (χ4n) is 1.12. The van der Waals surface area contributed by atoms with Crippen LogP contribution in [0.5, 0.6) is 11.5 Å². The summed E-state index contributed by atoms with van der Waals surface area (Å²) in [6, 6.07) is 2.89. The molecule has 1 heterocycles. The molecule has 0 saturated carbocycles. The van der Waals surface area contributed by atoms with Gasteiger partial charge in [-0.2, -0.15) is 0 Å². The highest BCUT2D eigenvalue weighted by Crippen LogP contribution is 2.39. The van der Waals surface area contributed by atoms with Crippen LogP contribution in [0.1, 0.15) is 10.4 Å².